The fraction of sp³-hybridized carbons (Fsp3) is 0.435. The molecule has 1 atom stereocenters. The van der Waals surface area contributed by atoms with Crippen LogP contribution in [0, 0.1) is 18.8 Å². The molecule has 1 unspecified atom stereocenters. The van der Waals surface area contributed by atoms with Gasteiger partial charge in [-0.15, -0.1) is 0 Å². The molecule has 2 aromatic rings. The molecule has 1 saturated carbocycles. The number of aryl methyl sites for hydroxylation is 1. The van der Waals surface area contributed by atoms with Gasteiger partial charge >= 0.3 is 0 Å². The molecule has 1 aliphatic carbocycles. The van der Waals surface area contributed by atoms with E-state index in [9.17, 15) is 9.59 Å². The van der Waals surface area contributed by atoms with Crippen LogP contribution in [-0.2, 0) is 16.0 Å². The van der Waals surface area contributed by atoms with E-state index in [1.54, 1.807) is 6.07 Å². The predicted molar refractivity (Wildman–Crippen MR) is 111 cm³/mol. The number of hydrogen-bond donors (Lipinski definition) is 2. The molecule has 1 fully saturated rings. The summed E-state index contributed by atoms with van der Waals surface area (Å²) in [5.41, 5.74) is 1.84. The number of carbonyl (C=O) groups excluding carboxylic acids is 2. The second kappa shape index (κ2) is 9.49. The van der Waals surface area contributed by atoms with Crippen LogP contribution < -0.4 is 10.6 Å². The topological polar surface area (TPSA) is 71.1 Å². The Bertz CT molecular complexity index is 799. The molecule has 0 aliphatic heterocycles. The molecular formula is C23H29N3O2. The summed E-state index contributed by atoms with van der Waals surface area (Å²) in [6, 6.07) is 14.6. The third-order valence-corrected chi connectivity index (χ3v) is 5.44. The van der Waals surface area contributed by atoms with Crippen molar-refractivity contribution in [1.82, 2.24) is 10.3 Å². The van der Waals surface area contributed by atoms with Crippen molar-refractivity contribution in [3.05, 3.63) is 59.8 Å². The Balaban J connectivity index is 1.70. The molecule has 5 nitrogen and oxygen atoms in total. The zero-order valence-electron chi connectivity index (χ0n) is 16.7. The Kier molecular flexibility index (Phi) is 6.80. The largest absolute Gasteiger partial charge is 0.344 e. The molecule has 2 amide bonds. The average molecular weight is 380 g/mol. The molecule has 0 saturated heterocycles. The maximum absolute atomic E-state index is 12.9. The third-order valence-electron chi connectivity index (χ3n) is 5.44. The van der Waals surface area contributed by atoms with Crippen LogP contribution in [0.1, 0.15) is 43.9 Å². The highest BCUT2D eigenvalue weighted by atomic mass is 16.2. The van der Waals surface area contributed by atoms with Crippen molar-refractivity contribution in [2.75, 3.05) is 5.32 Å². The highest BCUT2D eigenvalue weighted by molar-refractivity contribution is 5.97. The van der Waals surface area contributed by atoms with E-state index in [1.807, 2.05) is 49.4 Å². The summed E-state index contributed by atoms with van der Waals surface area (Å²) in [4.78, 5) is 30.1. The van der Waals surface area contributed by atoms with E-state index in [0.29, 0.717) is 18.2 Å². The second-order valence-corrected chi connectivity index (χ2v) is 7.86. The zero-order valence-corrected chi connectivity index (χ0v) is 16.7. The SMILES string of the molecule is Cc1cccc(NC(=O)C(Cc2ccccc2)NC(=O)C2CCC(C)CC2)n1. The van der Waals surface area contributed by atoms with Crippen LogP contribution in [0.4, 0.5) is 5.82 Å². The summed E-state index contributed by atoms with van der Waals surface area (Å²) in [5, 5.41) is 5.86. The maximum Gasteiger partial charge on any atom is 0.248 e. The minimum Gasteiger partial charge on any atom is -0.344 e. The lowest BCUT2D eigenvalue weighted by atomic mass is 9.82. The van der Waals surface area contributed by atoms with E-state index in [2.05, 4.69) is 22.5 Å². The summed E-state index contributed by atoms with van der Waals surface area (Å²) < 4.78 is 0. The first kappa shape index (κ1) is 20.1. The summed E-state index contributed by atoms with van der Waals surface area (Å²) in [5.74, 6) is 0.933. The minimum absolute atomic E-state index is 0.000585. The van der Waals surface area contributed by atoms with Gasteiger partial charge in [0.15, 0.2) is 0 Å². The van der Waals surface area contributed by atoms with E-state index in [1.165, 1.54) is 0 Å². The first-order valence-electron chi connectivity index (χ1n) is 10.1. The van der Waals surface area contributed by atoms with Gasteiger partial charge in [0.05, 0.1) is 0 Å². The van der Waals surface area contributed by atoms with Gasteiger partial charge in [-0.1, -0.05) is 43.3 Å². The van der Waals surface area contributed by atoms with E-state index < -0.39 is 6.04 Å². The smallest absolute Gasteiger partial charge is 0.248 e. The number of benzene rings is 1. The van der Waals surface area contributed by atoms with Gasteiger partial charge in [0, 0.05) is 18.0 Å². The van der Waals surface area contributed by atoms with Crippen LogP contribution in [0.2, 0.25) is 0 Å². The first-order chi connectivity index (χ1) is 13.5. The van der Waals surface area contributed by atoms with Crippen molar-refractivity contribution in [3.63, 3.8) is 0 Å². The molecule has 0 bridgehead atoms. The molecule has 0 radical (unpaired) electrons. The van der Waals surface area contributed by atoms with Crippen molar-refractivity contribution in [2.45, 2.75) is 52.0 Å². The molecule has 1 aromatic carbocycles. The molecular weight excluding hydrogens is 350 g/mol. The summed E-state index contributed by atoms with van der Waals surface area (Å²) in [6.07, 6.45) is 4.38. The Labute approximate surface area is 167 Å². The van der Waals surface area contributed by atoms with E-state index >= 15 is 0 Å². The molecule has 1 aromatic heterocycles. The molecule has 1 heterocycles. The second-order valence-electron chi connectivity index (χ2n) is 7.86. The zero-order chi connectivity index (χ0) is 19.9. The fourth-order valence-electron chi connectivity index (χ4n) is 3.70. The van der Waals surface area contributed by atoms with Crippen molar-refractivity contribution in [2.24, 2.45) is 11.8 Å². The number of nitrogens with zero attached hydrogens (tertiary/aromatic N) is 1. The van der Waals surface area contributed by atoms with Gasteiger partial charge in [-0.05, 0) is 56.2 Å². The molecule has 148 valence electrons. The van der Waals surface area contributed by atoms with Crippen molar-refractivity contribution >= 4 is 17.6 Å². The third kappa shape index (κ3) is 5.65. The minimum atomic E-state index is -0.628. The Morgan fingerprint density at radius 1 is 1.04 bits per heavy atom. The number of anilines is 1. The van der Waals surface area contributed by atoms with Crippen LogP contribution >= 0.6 is 0 Å². The number of nitrogens with one attached hydrogen (secondary N) is 2. The average Bonchev–Trinajstić information content (AvgIpc) is 2.68. The van der Waals surface area contributed by atoms with Crippen LogP contribution in [0.15, 0.2) is 48.5 Å². The van der Waals surface area contributed by atoms with Crippen LogP contribution in [0.3, 0.4) is 0 Å². The van der Waals surface area contributed by atoms with Gasteiger partial charge in [-0.3, -0.25) is 9.59 Å². The summed E-state index contributed by atoms with van der Waals surface area (Å²) >= 11 is 0. The van der Waals surface area contributed by atoms with E-state index in [4.69, 9.17) is 0 Å². The van der Waals surface area contributed by atoms with Crippen LogP contribution in [-0.4, -0.2) is 22.8 Å². The van der Waals surface area contributed by atoms with E-state index in [0.717, 1.165) is 36.9 Å². The molecule has 28 heavy (non-hydrogen) atoms. The summed E-state index contributed by atoms with van der Waals surface area (Å²) in [7, 11) is 0. The Morgan fingerprint density at radius 3 is 2.43 bits per heavy atom. The standard InChI is InChI=1S/C23H29N3O2/c1-16-11-13-19(14-12-16)22(27)25-20(15-18-8-4-3-5-9-18)23(28)26-21-10-6-7-17(2)24-21/h3-10,16,19-20H,11-15H2,1-2H3,(H,25,27)(H,24,26,28). The number of hydrogen-bond acceptors (Lipinski definition) is 3. The normalized spacial score (nSPS) is 20.2. The Hall–Kier alpha value is -2.69. The van der Waals surface area contributed by atoms with Gasteiger partial charge in [0.2, 0.25) is 11.8 Å². The fourth-order valence-corrected chi connectivity index (χ4v) is 3.70. The Morgan fingerprint density at radius 2 is 1.75 bits per heavy atom. The number of rotatable bonds is 6. The monoisotopic (exact) mass is 379 g/mol. The van der Waals surface area contributed by atoms with Gasteiger partial charge in [0.1, 0.15) is 11.9 Å². The molecule has 3 rings (SSSR count). The van der Waals surface area contributed by atoms with Gasteiger partial charge in [-0.2, -0.15) is 0 Å². The highest BCUT2D eigenvalue weighted by Gasteiger charge is 2.28. The summed E-state index contributed by atoms with van der Waals surface area (Å²) in [6.45, 7) is 4.11. The molecule has 1 aliphatic rings. The van der Waals surface area contributed by atoms with Crippen molar-refractivity contribution in [1.29, 1.82) is 0 Å². The van der Waals surface area contributed by atoms with Gasteiger partial charge in [0.25, 0.3) is 0 Å². The van der Waals surface area contributed by atoms with E-state index in [-0.39, 0.29) is 17.7 Å². The number of pyridine rings is 1. The number of amides is 2. The van der Waals surface area contributed by atoms with Crippen LogP contribution in [0.5, 0.6) is 0 Å². The van der Waals surface area contributed by atoms with Crippen molar-refractivity contribution < 1.29 is 9.59 Å². The first-order valence-corrected chi connectivity index (χ1v) is 10.1. The molecule has 5 heteroatoms. The predicted octanol–water partition coefficient (Wildman–Crippen LogP) is 3.88. The number of aromatic nitrogens is 1. The van der Waals surface area contributed by atoms with Gasteiger partial charge in [-0.25, -0.2) is 4.98 Å². The lowest BCUT2D eigenvalue weighted by Gasteiger charge is -2.27. The van der Waals surface area contributed by atoms with Gasteiger partial charge < -0.3 is 10.6 Å². The van der Waals surface area contributed by atoms with Crippen molar-refractivity contribution in [3.8, 4) is 0 Å². The van der Waals surface area contributed by atoms with Crippen LogP contribution in [0.25, 0.3) is 0 Å². The lowest BCUT2D eigenvalue weighted by Crippen LogP contribution is -2.47. The number of carbonyl (C=O) groups is 2. The molecule has 2 N–H and O–H groups in total. The maximum atomic E-state index is 12.9. The highest BCUT2D eigenvalue weighted by Crippen LogP contribution is 2.28. The quantitative estimate of drug-likeness (QED) is 0.800. The lowest BCUT2D eigenvalue weighted by molar-refractivity contribution is -0.130. The molecule has 0 spiro atoms.